The second kappa shape index (κ2) is 10.7. The van der Waals surface area contributed by atoms with Crippen molar-refractivity contribution >= 4 is 22.8 Å². The van der Waals surface area contributed by atoms with Gasteiger partial charge < -0.3 is 14.0 Å². The van der Waals surface area contributed by atoms with Crippen LogP contribution in [-0.2, 0) is 29.1 Å². The fourth-order valence-corrected chi connectivity index (χ4v) is 3.51. The Morgan fingerprint density at radius 2 is 1.91 bits per heavy atom. The highest BCUT2D eigenvalue weighted by Crippen LogP contribution is 2.21. The molecule has 0 aliphatic heterocycles. The standard InChI is InChI=1S/C25H28N2O5/c1-4-5-14-27-22-9-7-6-8-20(22)26-21(25(27)30)11-13-24(29)32-16-19-15-18(17(2)28)10-12-23(19)31-3/h6-10,12,15H,4-5,11,13-14,16H2,1-3H3. The average Bonchev–Trinajstić information content (AvgIpc) is 2.80. The molecule has 0 aliphatic carbocycles. The molecule has 3 aromatic rings. The zero-order chi connectivity index (χ0) is 23.1. The highest BCUT2D eigenvalue weighted by atomic mass is 16.5. The Kier molecular flexibility index (Phi) is 7.76. The summed E-state index contributed by atoms with van der Waals surface area (Å²) in [7, 11) is 1.52. The molecule has 0 saturated heterocycles. The molecule has 0 N–H and O–H groups in total. The van der Waals surface area contributed by atoms with Gasteiger partial charge in [-0.3, -0.25) is 14.4 Å². The van der Waals surface area contributed by atoms with E-state index in [9.17, 15) is 14.4 Å². The normalized spacial score (nSPS) is 10.8. The summed E-state index contributed by atoms with van der Waals surface area (Å²) in [6.45, 7) is 4.14. The predicted octanol–water partition coefficient (Wildman–Crippen LogP) is 4.08. The lowest BCUT2D eigenvalue weighted by Crippen LogP contribution is -2.26. The van der Waals surface area contributed by atoms with Gasteiger partial charge in [-0.2, -0.15) is 0 Å². The number of Topliss-reactive ketones (excluding diaryl/α,β-unsaturated/α-hetero) is 1. The number of hydrogen-bond donors (Lipinski definition) is 0. The molecular formula is C25H28N2O5. The van der Waals surface area contributed by atoms with Gasteiger partial charge in [0, 0.05) is 24.1 Å². The lowest BCUT2D eigenvalue weighted by molar-refractivity contribution is -0.144. The van der Waals surface area contributed by atoms with Crippen molar-refractivity contribution in [2.75, 3.05) is 7.11 Å². The van der Waals surface area contributed by atoms with E-state index in [1.165, 1.54) is 14.0 Å². The minimum atomic E-state index is -0.449. The number of hydrogen-bond acceptors (Lipinski definition) is 6. The van der Waals surface area contributed by atoms with Gasteiger partial charge in [0.1, 0.15) is 18.1 Å². The van der Waals surface area contributed by atoms with Crippen molar-refractivity contribution in [3.63, 3.8) is 0 Å². The van der Waals surface area contributed by atoms with Crippen LogP contribution >= 0.6 is 0 Å². The number of carbonyl (C=O) groups is 2. The minimum absolute atomic E-state index is 0.0188. The molecule has 1 heterocycles. The Bertz CT molecular complexity index is 1180. The topological polar surface area (TPSA) is 87.5 Å². The summed E-state index contributed by atoms with van der Waals surface area (Å²) in [6, 6.07) is 12.5. The van der Waals surface area contributed by atoms with E-state index < -0.39 is 5.97 Å². The van der Waals surface area contributed by atoms with Crippen molar-refractivity contribution in [2.24, 2.45) is 0 Å². The first kappa shape index (κ1) is 23.2. The summed E-state index contributed by atoms with van der Waals surface area (Å²) in [5.74, 6) is 0.00881. The monoisotopic (exact) mass is 436 g/mol. The lowest BCUT2D eigenvalue weighted by atomic mass is 10.1. The number of ether oxygens (including phenoxy) is 2. The van der Waals surface area contributed by atoms with Crippen LogP contribution in [0.5, 0.6) is 5.75 Å². The van der Waals surface area contributed by atoms with Crippen molar-refractivity contribution in [2.45, 2.75) is 52.7 Å². The van der Waals surface area contributed by atoms with Gasteiger partial charge in [-0.05, 0) is 43.7 Å². The number of rotatable bonds is 10. The maximum Gasteiger partial charge on any atom is 0.306 e. The summed E-state index contributed by atoms with van der Waals surface area (Å²) >= 11 is 0. The first-order valence-corrected chi connectivity index (χ1v) is 10.8. The molecule has 0 unspecified atom stereocenters. The van der Waals surface area contributed by atoms with Crippen LogP contribution in [0.1, 0.15) is 54.7 Å². The molecule has 32 heavy (non-hydrogen) atoms. The van der Waals surface area contributed by atoms with Gasteiger partial charge in [-0.1, -0.05) is 25.5 Å². The highest BCUT2D eigenvalue weighted by molar-refractivity contribution is 5.94. The molecule has 0 radical (unpaired) electrons. The first-order valence-electron chi connectivity index (χ1n) is 10.8. The molecule has 0 atom stereocenters. The molecule has 0 amide bonds. The molecule has 0 aliphatic rings. The smallest absolute Gasteiger partial charge is 0.306 e. The number of aromatic nitrogens is 2. The van der Waals surface area contributed by atoms with E-state index in [1.807, 2.05) is 24.3 Å². The Labute approximate surface area is 187 Å². The summed E-state index contributed by atoms with van der Waals surface area (Å²) in [5, 5.41) is 0. The summed E-state index contributed by atoms with van der Waals surface area (Å²) < 4.78 is 12.4. The van der Waals surface area contributed by atoms with Crippen LogP contribution < -0.4 is 10.3 Å². The number of methoxy groups -OCH3 is 1. The van der Waals surface area contributed by atoms with Gasteiger partial charge in [0.2, 0.25) is 0 Å². The van der Waals surface area contributed by atoms with Crippen LogP contribution in [-0.4, -0.2) is 28.4 Å². The quantitative estimate of drug-likeness (QED) is 0.351. The van der Waals surface area contributed by atoms with E-state index in [1.54, 1.807) is 22.8 Å². The summed E-state index contributed by atoms with van der Waals surface area (Å²) in [6.07, 6.45) is 2.08. The summed E-state index contributed by atoms with van der Waals surface area (Å²) in [5.41, 5.74) is 2.85. The zero-order valence-corrected chi connectivity index (χ0v) is 18.7. The van der Waals surface area contributed by atoms with Crippen molar-refractivity contribution in [3.05, 3.63) is 69.6 Å². The fourth-order valence-electron chi connectivity index (χ4n) is 3.51. The van der Waals surface area contributed by atoms with Gasteiger partial charge in [0.25, 0.3) is 5.56 Å². The van der Waals surface area contributed by atoms with Gasteiger partial charge >= 0.3 is 5.97 Å². The number of para-hydroxylation sites is 2. The van der Waals surface area contributed by atoms with Gasteiger partial charge in [-0.15, -0.1) is 0 Å². The molecule has 2 aromatic carbocycles. The number of ketones is 1. The number of unbranched alkanes of at least 4 members (excludes halogenated alkanes) is 1. The van der Waals surface area contributed by atoms with E-state index in [-0.39, 0.29) is 30.8 Å². The molecule has 0 bridgehead atoms. The van der Waals surface area contributed by atoms with Crippen molar-refractivity contribution in [1.82, 2.24) is 9.55 Å². The van der Waals surface area contributed by atoms with E-state index in [0.29, 0.717) is 29.1 Å². The predicted molar refractivity (Wildman–Crippen MR) is 122 cm³/mol. The third kappa shape index (κ3) is 5.41. The lowest BCUT2D eigenvalue weighted by Gasteiger charge is -2.12. The maximum atomic E-state index is 13.0. The Balaban J connectivity index is 1.71. The second-order valence-corrected chi connectivity index (χ2v) is 7.60. The van der Waals surface area contributed by atoms with Crippen LogP contribution in [0.4, 0.5) is 0 Å². The number of esters is 1. The van der Waals surface area contributed by atoms with E-state index in [0.717, 1.165) is 23.9 Å². The molecule has 0 saturated carbocycles. The molecule has 0 fully saturated rings. The van der Waals surface area contributed by atoms with Crippen LogP contribution in [0.3, 0.4) is 0 Å². The Morgan fingerprint density at radius 3 is 2.62 bits per heavy atom. The molecule has 168 valence electrons. The van der Waals surface area contributed by atoms with Crippen molar-refractivity contribution < 1.29 is 19.1 Å². The van der Waals surface area contributed by atoms with Gasteiger partial charge in [-0.25, -0.2) is 4.98 Å². The first-order chi connectivity index (χ1) is 15.4. The molecule has 7 nitrogen and oxygen atoms in total. The van der Waals surface area contributed by atoms with Gasteiger partial charge in [0.05, 0.1) is 24.6 Å². The fraction of sp³-hybridized carbons (Fsp3) is 0.360. The molecule has 7 heteroatoms. The highest BCUT2D eigenvalue weighted by Gasteiger charge is 2.14. The Morgan fingerprint density at radius 1 is 1.12 bits per heavy atom. The number of fused-ring (bicyclic) bond motifs is 1. The molecule has 1 aromatic heterocycles. The minimum Gasteiger partial charge on any atom is -0.496 e. The number of aryl methyl sites for hydroxylation is 2. The van der Waals surface area contributed by atoms with Crippen LogP contribution in [0.25, 0.3) is 11.0 Å². The third-order valence-electron chi connectivity index (χ3n) is 5.30. The van der Waals surface area contributed by atoms with E-state index in [4.69, 9.17) is 9.47 Å². The number of carbonyl (C=O) groups excluding carboxylic acids is 2. The molecule has 3 rings (SSSR count). The maximum absolute atomic E-state index is 13.0. The van der Waals surface area contributed by atoms with Crippen LogP contribution in [0, 0.1) is 0 Å². The number of nitrogens with zero attached hydrogens (tertiary/aromatic N) is 2. The SMILES string of the molecule is CCCCn1c(=O)c(CCC(=O)OCc2cc(C(C)=O)ccc2OC)nc2ccccc21. The van der Waals surface area contributed by atoms with Gasteiger partial charge in [0.15, 0.2) is 5.78 Å². The van der Waals surface area contributed by atoms with Crippen LogP contribution in [0.15, 0.2) is 47.3 Å². The largest absolute Gasteiger partial charge is 0.496 e. The van der Waals surface area contributed by atoms with Crippen molar-refractivity contribution in [1.29, 1.82) is 0 Å². The summed E-state index contributed by atoms with van der Waals surface area (Å²) in [4.78, 5) is 41.5. The second-order valence-electron chi connectivity index (χ2n) is 7.60. The third-order valence-corrected chi connectivity index (χ3v) is 5.30. The van der Waals surface area contributed by atoms with Crippen LogP contribution in [0.2, 0.25) is 0 Å². The zero-order valence-electron chi connectivity index (χ0n) is 18.7. The average molecular weight is 437 g/mol. The molecule has 0 spiro atoms. The molecular weight excluding hydrogens is 408 g/mol. The van der Waals surface area contributed by atoms with E-state index >= 15 is 0 Å². The van der Waals surface area contributed by atoms with Crippen molar-refractivity contribution in [3.8, 4) is 5.75 Å². The Hall–Kier alpha value is -3.48. The van der Waals surface area contributed by atoms with E-state index in [2.05, 4.69) is 11.9 Å². The number of benzene rings is 2.